The number of amidine groups is 1. The summed E-state index contributed by atoms with van der Waals surface area (Å²) >= 11 is 0. The van der Waals surface area contributed by atoms with Gasteiger partial charge in [0.15, 0.2) is 6.04 Å². The topological polar surface area (TPSA) is 123 Å². The van der Waals surface area contributed by atoms with Crippen LogP contribution in [0, 0.1) is 5.82 Å². The Morgan fingerprint density at radius 2 is 1.97 bits per heavy atom. The van der Waals surface area contributed by atoms with E-state index in [1.54, 1.807) is 0 Å². The number of aliphatic imine (C=N–C) groups is 1. The number of likely N-dealkylation sites (N-methyl/N-ethyl adjacent to an activating group) is 1. The number of carbonyl (C=O) groups is 2. The second-order valence-corrected chi connectivity index (χ2v) is 9.51. The highest BCUT2D eigenvalue weighted by Crippen LogP contribution is 2.32. The van der Waals surface area contributed by atoms with Crippen molar-refractivity contribution in [3.8, 4) is 0 Å². The zero-order valence-corrected chi connectivity index (χ0v) is 17.7. The van der Waals surface area contributed by atoms with E-state index in [-0.39, 0.29) is 13.1 Å². The SMILES string of the molecule is CN(C)S(=O)(=O)N(C)C1(O)C(=O)N2CCCC2=NC1C(=O)NCc1ccc(F)cc1. The molecule has 12 heteroatoms. The number of carbonyl (C=O) groups excluding carboxylic acids is 2. The third kappa shape index (κ3) is 3.71. The summed E-state index contributed by atoms with van der Waals surface area (Å²) in [7, 11) is -0.731. The quantitative estimate of drug-likeness (QED) is 0.564. The van der Waals surface area contributed by atoms with E-state index in [1.807, 2.05) is 0 Å². The molecule has 2 unspecified atom stereocenters. The first kappa shape index (κ1) is 22.3. The van der Waals surface area contributed by atoms with Crippen molar-refractivity contribution in [3.05, 3.63) is 35.6 Å². The molecule has 2 heterocycles. The molecule has 3 rings (SSSR count). The molecule has 2 amide bonds. The monoisotopic (exact) mass is 441 g/mol. The zero-order valence-electron chi connectivity index (χ0n) is 16.9. The van der Waals surface area contributed by atoms with E-state index in [2.05, 4.69) is 10.3 Å². The van der Waals surface area contributed by atoms with Gasteiger partial charge in [0.05, 0.1) is 0 Å². The lowest BCUT2D eigenvalue weighted by molar-refractivity contribution is -0.169. The molecule has 1 aromatic carbocycles. The van der Waals surface area contributed by atoms with E-state index in [0.717, 1.165) is 11.4 Å². The highest BCUT2D eigenvalue weighted by molar-refractivity contribution is 7.86. The molecule has 164 valence electrons. The maximum Gasteiger partial charge on any atom is 0.284 e. The first-order valence-corrected chi connectivity index (χ1v) is 10.7. The van der Waals surface area contributed by atoms with Gasteiger partial charge in [-0.25, -0.2) is 4.39 Å². The van der Waals surface area contributed by atoms with Crippen LogP contribution in [0.2, 0.25) is 0 Å². The molecule has 0 radical (unpaired) electrons. The number of nitrogens with zero attached hydrogens (tertiary/aromatic N) is 4. The van der Waals surface area contributed by atoms with E-state index < -0.39 is 39.6 Å². The van der Waals surface area contributed by atoms with Crippen LogP contribution in [0.1, 0.15) is 18.4 Å². The van der Waals surface area contributed by atoms with E-state index in [4.69, 9.17) is 0 Å². The second kappa shape index (κ2) is 8.02. The van der Waals surface area contributed by atoms with Gasteiger partial charge in [-0.05, 0) is 24.1 Å². The number of rotatable bonds is 6. The number of hydrogen-bond acceptors (Lipinski definition) is 6. The first-order valence-electron chi connectivity index (χ1n) is 9.29. The number of fused-ring (bicyclic) bond motifs is 1. The van der Waals surface area contributed by atoms with E-state index in [0.29, 0.717) is 28.5 Å². The summed E-state index contributed by atoms with van der Waals surface area (Å²) < 4.78 is 39.7. The van der Waals surface area contributed by atoms with Gasteiger partial charge in [0.2, 0.25) is 11.6 Å². The van der Waals surface area contributed by atoms with Crippen LogP contribution < -0.4 is 5.32 Å². The maximum absolute atomic E-state index is 13.1. The van der Waals surface area contributed by atoms with Gasteiger partial charge < -0.3 is 10.4 Å². The van der Waals surface area contributed by atoms with Crippen LogP contribution in [0.15, 0.2) is 29.3 Å². The van der Waals surface area contributed by atoms with E-state index in [9.17, 15) is 27.5 Å². The maximum atomic E-state index is 13.1. The third-order valence-electron chi connectivity index (χ3n) is 5.23. The summed E-state index contributed by atoms with van der Waals surface area (Å²) in [6, 6.07) is 3.71. The Morgan fingerprint density at radius 1 is 1.33 bits per heavy atom. The minimum absolute atomic E-state index is 0.0153. The standard InChI is InChI=1S/C18H24FN5O5S/c1-22(2)30(28,29)23(3)18(27)15(21-14-5-4-10-24(14)17(18)26)16(25)20-11-12-6-8-13(19)9-7-12/h6-9,15,27H,4-5,10-11H2,1-3H3,(H,20,25). The van der Waals surface area contributed by atoms with Gasteiger partial charge in [-0.15, -0.1) is 0 Å². The van der Waals surface area contributed by atoms with Gasteiger partial charge in [-0.1, -0.05) is 12.1 Å². The average Bonchev–Trinajstić information content (AvgIpc) is 3.18. The van der Waals surface area contributed by atoms with Crippen molar-refractivity contribution in [1.82, 2.24) is 18.8 Å². The molecule has 1 saturated heterocycles. The summed E-state index contributed by atoms with van der Waals surface area (Å²) in [6.07, 6.45) is 1.03. The van der Waals surface area contributed by atoms with Crippen molar-refractivity contribution in [2.75, 3.05) is 27.7 Å². The molecule has 1 fully saturated rings. The van der Waals surface area contributed by atoms with Gasteiger partial charge in [0.25, 0.3) is 16.1 Å². The lowest BCUT2D eigenvalue weighted by atomic mass is 9.99. The number of benzene rings is 1. The van der Waals surface area contributed by atoms with Crippen LogP contribution in [-0.2, 0) is 26.3 Å². The summed E-state index contributed by atoms with van der Waals surface area (Å²) in [5.74, 6) is -1.84. The Kier molecular flexibility index (Phi) is 5.96. The molecule has 2 N–H and O–H groups in total. The van der Waals surface area contributed by atoms with Crippen LogP contribution in [0.3, 0.4) is 0 Å². The molecule has 10 nitrogen and oxygen atoms in total. The molecule has 2 aliphatic heterocycles. The van der Waals surface area contributed by atoms with Crippen molar-refractivity contribution in [1.29, 1.82) is 0 Å². The van der Waals surface area contributed by atoms with Gasteiger partial charge >= 0.3 is 0 Å². The fraction of sp³-hybridized carbons (Fsp3) is 0.500. The van der Waals surface area contributed by atoms with Crippen molar-refractivity contribution in [2.45, 2.75) is 31.2 Å². The molecule has 2 atom stereocenters. The molecule has 0 spiro atoms. The Balaban J connectivity index is 1.95. The highest BCUT2D eigenvalue weighted by atomic mass is 32.2. The van der Waals surface area contributed by atoms with Gasteiger partial charge in [0.1, 0.15) is 11.7 Å². The molecule has 0 aromatic heterocycles. The summed E-state index contributed by atoms with van der Waals surface area (Å²) in [4.78, 5) is 31.5. The minimum Gasteiger partial charge on any atom is -0.364 e. The Hall–Kier alpha value is -2.41. The molecule has 1 aromatic rings. The summed E-state index contributed by atoms with van der Waals surface area (Å²) in [6.45, 7) is 0.262. The van der Waals surface area contributed by atoms with Crippen molar-refractivity contribution < 1.29 is 27.5 Å². The number of hydrogen-bond donors (Lipinski definition) is 2. The fourth-order valence-corrected chi connectivity index (χ4v) is 4.44. The Morgan fingerprint density at radius 3 is 2.57 bits per heavy atom. The van der Waals surface area contributed by atoms with Crippen LogP contribution in [0.4, 0.5) is 4.39 Å². The number of halogens is 1. The van der Waals surface area contributed by atoms with Gasteiger partial charge in [-0.2, -0.15) is 17.0 Å². The smallest absolute Gasteiger partial charge is 0.284 e. The largest absolute Gasteiger partial charge is 0.364 e. The lowest BCUT2D eigenvalue weighted by Gasteiger charge is -2.43. The zero-order chi connectivity index (χ0) is 22.3. The lowest BCUT2D eigenvalue weighted by Crippen LogP contribution is -2.71. The van der Waals surface area contributed by atoms with E-state index in [1.165, 1.54) is 43.3 Å². The predicted octanol–water partition coefficient (Wildman–Crippen LogP) is -0.728. The molecule has 0 aliphatic carbocycles. The van der Waals surface area contributed by atoms with Crippen LogP contribution >= 0.6 is 0 Å². The van der Waals surface area contributed by atoms with Gasteiger partial charge in [0, 0.05) is 40.7 Å². The highest BCUT2D eigenvalue weighted by Gasteiger charge is 2.60. The predicted molar refractivity (Wildman–Crippen MR) is 106 cm³/mol. The normalized spacial score (nSPS) is 24.2. The fourth-order valence-electron chi connectivity index (χ4n) is 3.42. The molecule has 2 aliphatic rings. The Bertz CT molecular complexity index is 981. The molecular weight excluding hydrogens is 417 g/mol. The minimum atomic E-state index is -4.26. The van der Waals surface area contributed by atoms with Crippen LogP contribution in [0.25, 0.3) is 0 Å². The van der Waals surface area contributed by atoms with Crippen molar-refractivity contribution in [3.63, 3.8) is 0 Å². The first-order chi connectivity index (χ1) is 14.0. The molecule has 30 heavy (non-hydrogen) atoms. The summed E-state index contributed by atoms with van der Waals surface area (Å²) in [5.41, 5.74) is -2.15. The number of aliphatic hydroxyl groups is 1. The Labute approximate surface area is 174 Å². The molecule has 0 bridgehead atoms. The van der Waals surface area contributed by atoms with E-state index >= 15 is 0 Å². The van der Waals surface area contributed by atoms with Crippen molar-refractivity contribution >= 4 is 27.9 Å². The number of nitrogens with one attached hydrogen (secondary N) is 1. The molecule has 0 saturated carbocycles. The number of amides is 2. The van der Waals surface area contributed by atoms with Crippen LogP contribution in [0.5, 0.6) is 0 Å². The summed E-state index contributed by atoms with van der Waals surface area (Å²) in [5, 5.41) is 13.9. The second-order valence-electron chi connectivity index (χ2n) is 7.34. The molecular formula is C18H24FN5O5S. The van der Waals surface area contributed by atoms with Crippen molar-refractivity contribution in [2.24, 2.45) is 4.99 Å². The van der Waals surface area contributed by atoms with Gasteiger partial charge in [-0.3, -0.25) is 19.5 Å². The average molecular weight is 441 g/mol. The third-order valence-corrected chi connectivity index (χ3v) is 7.12. The van der Waals surface area contributed by atoms with Crippen LogP contribution in [-0.4, -0.2) is 84.1 Å².